The van der Waals surface area contributed by atoms with Crippen molar-refractivity contribution in [3.63, 3.8) is 0 Å². The summed E-state index contributed by atoms with van der Waals surface area (Å²) in [6.45, 7) is 6.60. The lowest BCUT2D eigenvalue weighted by molar-refractivity contribution is 0.140. The summed E-state index contributed by atoms with van der Waals surface area (Å²) in [5.74, 6) is -0.120. The van der Waals surface area contributed by atoms with Crippen molar-refractivity contribution in [1.29, 1.82) is 0 Å². The predicted molar refractivity (Wildman–Crippen MR) is 79.4 cm³/mol. The number of hydrogen-bond acceptors (Lipinski definition) is 3. The topological polar surface area (TPSA) is 24.5 Å². The molecule has 0 aliphatic carbocycles. The number of ether oxygens (including phenoxy) is 1. The van der Waals surface area contributed by atoms with Gasteiger partial charge in [0.1, 0.15) is 5.82 Å². The zero-order chi connectivity index (χ0) is 14.4. The minimum Gasteiger partial charge on any atom is -0.380 e. The van der Waals surface area contributed by atoms with Gasteiger partial charge in [-0.2, -0.15) is 0 Å². The minimum absolute atomic E-state index is 0.120. The summed E-state index contributed by atoms with van der Waals surface area (Å²) < 4.78 is 19.1. The number of nitrogens with one attached hydrogen (secondary N) is 1. The molecule has 0 radical (unpaired) electrons. The Balaban J connectivity index is 1.92. The zero-order valence-corrected chi connectivity index (χ0v) is 12.5. The van der Waals surface area contributed by atoms with E-state index >= 15 is 0 Å². The average Bonchev–Trinajstić information content (AvgIpc) is 2.72. The molecule has 4 heteroatoms. The van der Waals surface area contributed by atoms with Crippen LogP contribution in [-0.4, -0.2) is 44.8 Å². The second-order valence-corrected chi connectivity index (χ2v) is 5.45. The largest absolute Gasteiger partial charge is 0.380 e. The molecule has 0 bridgehead atoms. The van der Waals surface area contributed by atoms with Gasteiger partial charge in [-0.25, -0.2) is 4.39 Å². The fourth-order valence-electron chi connectivity index (χ4n) is 2.64. The molecular weight excluding hydrogens is 255 g/mol. The van der Waals surface area contributed by atoms with Crippen LogP contribution < -0.4 is 5.32 Å². The highest BCUT2D eigenvalue weighted by Crippen LogP contribution is 2.20. The molecule has 2 rings (SSSR count). The summed E-state index contributed by atoms with van der Waals surface area (Å²) in [6.07, 6.45) is 2.09. The maximum atomic E-state index is 13.7. The van der Waals surface area contributed by atoms with Crippen molar-refractivity contribution in [2.24, 2.45) is 0 Å². The van der Waals surface area contributed by atoms with Gasteiger partial charge >= 0.3 is 0 Å². The van der Waals surface area contributed by atoms with E-state index in [0.29, 0.717) is 5.56 Å². The van der Waals surface area contributed by atoms with Gasteiger partial charge < -0.3 is 15.0 Å². The van der Waals surface area contributed by atoms with Gasteiger partial charge in [-0.1, -0.05) is 12.1 Å². The molecule has 1 fully saturated rings. The Morgan fingerprint density at radius 2 is 2.20 bits per heavy atom. The van der Waals surface area contributed by atoms with Gasteiger partial charge in [0.15, 0.2) is 0 Å². The zero-order valence-electron chi connectivity index (χ0n) is 12.5. The van der Waals surface area contributed by atoms with E-state index in [1.807, 2.05) is 19.2 Å². The lowest BCUT2D eigenvalue weighted by Crippen LogP contribution is -2.30. The van der Waals surface area contributed by atoms with Gasteiger partial charge in [-0.15, -0.1) is 0 Å². The molecule has 1 unspecified atom stereocenters. The Bertz CT molecular complexity index is 417. The highest BCUT2D eigenvalue weighted by molar-refractivity contribution is 5.25. The molecule has 1 aliphatic heterocycles. The first-order chi connectivity index (χ1) is 9.70. The molecule has 3 nitrogen and oxygen atoms in total. The molecule has 112 valence electrons. The van der Waals surface area contributed by atoms with Crippen molar-refractivity contribution in [3.05, 3.63) is 35.1 Å². The molecule has 0 spiro atoms. The van der Waals surface area contributed by atoms with E-state index in [1.165, 1.54) is 0 Å². The fraction of sp³-hybridized carbons (Fsp3) is 0.625. The van der Waals surface area contributed by atoms with Crippen LogP contribution in [0.2, 0.25) is 0 Å². The predicted octanol–water partition coefficient (Wildman–Crippen LogP) is 2.51. The van der Waals surface area contributed by atoms with Gasteiger partial charge in [0, 0.05) is 32.3 Å². The van der Waals surface area contributed by atoms with Crippen LogP contribution in [0.25, 0.3) is 0 Å². The fourth-order valence-corrected chi connectivity index (χ4v) is 2.64. The summed E-state index contributed by atoms with van der Waals surface area (Å²) in [5, 5.41) is 3.30. The van der Waals surface area contributed by atoms with Crippen molar-refractivity contribution >= 4 is 0 Å². The molecule has 1 saturated heterocycles. The number of rotatable bonds is 5. The van der Waals surface area contributed by atoms with E-state index in [0.717, 1.165) is 51.3 Å². The maximum Gasteiger partial charge on any atom is 0.126 e. The summed E-state index contributed by atoms with van der Waals surface area (Å²) in [6, 6.07) is 5.73. The lowest BCUT2D eigenvalue weighted by Gasteiger charge is -2.23. The van der Waals surface area contributed by atoms with Crippen molar-refractivity contribution in [3.8, 4) is 0 Å². The van der Waals surface area contributed by atoms with Crippen LogP contribution in [0.5, 0.6) is 0 Å². The standard InChI is InChI=1S/C16H25FN2O/c1-13-4-5-14(12-15(13)17)16(18-2)6-8-19-7-3-10-20-11-9-19/h4-5,12,16,18H,3,6-11H2,1-2H3. The van der Waals surface area contributed by atoms with Gasteiger partial charge in [0.05, 0.1) is 6.61 Å². The molecule has 1 aromatic carbocycles. The van der Waals surface area contributed by atoms with E-state index in [1.54, 1.807) is 13.0 Å². The maximum absolute atomic E-state index is 13.7. The molecule has 1 atom stereocenters. The van der Waals surface area contributed by atoms with Crippen molar-refractivity contribution in [2.45, 2.75) is 25.8 Å². The van der Waals surface area contributed by atoms with Crippen LogP contribution in [0.4, 0.5) is 4.39 Å². The number of halogens is 1. The van der Waals surface area contributed by atoms with E-state index in [4.69, 9.17) is 4.74 Å². The molecular formula is C16H25FN2O. The van der Waals surface area contributed by atoms with Crippen molar-refractivity contribution in [1.82, 2.24) is 10.2 Å². The summed E-state index contributed by atoms with van der Waals surface area (Å²) in [7, 11) is 1.94. The van der Waals surface area contributed by atoms with Gasteiger partial charge in [-0.05, 0) is 44.0 Å². The highest BCUT2D eigenvalue weighted by Gasteiger charge is 2.14. The molecule has 0 amide bonds. The normalized spacial score (nSPS) is 18.8. The molecule has 1 aliphatic rings. The third kappa shape index (κ3) is 4.27. The third-order valence-electron chi connectivity index (χ3n) is 4.00. The second kappa shape index (κ2) is 7.72. The quantitative estimate of drug-likeness (QED) is 0.897. The first-order valence-electron chi connectivity index (χ1n) is 7.44. The average molecular weight is 280 g/mol. The van der Waals surface area contributed by atoms with Crippen LogP contribution in [0.1, 0.15) is 30.0 Å². The SMILES string of the molecule is CNC(CCN1CCCOCC1)c1ccc(C)c(F)c1. The van der Waals surface area contributed by atoms with Gasteiger partial charge in [-0.3, -0.25) is 0 Å². The minimum atomic E-state index is -0.120. The van der Waals surface area contributed by atoms with Crippen LogP contribution in [0.15, 0.2) is 18.2 Å². The summed E-state index contributed by atoms with van der Waals surface area (Å²) >= 11 is 0. The Hall–Kier alpha value is -0.970. The van der Waals surface area contributed by atoms with E-state index in [2.05, 4.69) is 10.2 Å². The third-order valence-corrected chi connectivity index (χ3v) is 4.00. The van der Waals surface area contributed by atoms with E-state index in [9.17, 15) is 4.39 Å². The Kier molecular flexibility index (Phi) is 5.95. The molecule has 1 N–H and O–H groups in total. The highest BCUT2D eigenvalue weighted by atomic mass is 19.1. The Morgan fingerprint density at radius 3 is 2.95 bits per heavy atom. The second-order valence-electron chi connectivity index (χ2n) is 5.45. The molecule has 1 aromatic rings. The van der Waals surface area contributed by atoms with Crippen LogP contribution >= 0.6 is 0 Å². The first kappa shape index (κ1) is 15.4. The lowest BCUT2D eigenvalue weighted by atomic mass is 10.0. The Labute approximate surface area is 121 Å². The number of aryl methyl sites for hydroxylation is 1. The van der Waals surface area contributed by atoms with Crippen LogP contribution in [-0.2, 0) is 4.74 Å². The van der Waals surface area contributed by atoms with E-state index in [-0.39, 0.29) is 11.9 Å². The number of nitrogens with zero attached hydrogens (tertiary/aromatic N) is 1. The molecule has 1 heterocycles. The molecule has 0 aromatic heterocycles. The van der Waals surface area contributed by atoms with Crippen molar-refractivity contribution < 1.29 is 9.13 Å². The van der Waals surface area contributed by atoms with Crippen LogP contribution in [0, 0.1) is 12.7 Å². The van der Waals surface area contributed by atoms with E-state index < -0.39 is 0 Å². The van der Waals surface area contributed by atoms with Gasteiger partial charge in [0.2, 0.25) is 0 Å². The van der Waals surface area contributed by atoms with Gasteiger partial charge in [0.25, 0.3) is 0 Å². The first-order valence-corrected chi connectivity index (χ1v) is 7.44. The summed E-state index contributed by atoms with van der Waals surface area (Å²) in [4.78, 5) is 2.43. The summed E-state index contributed by atoms with van der Waals surface area (Å²) in [5.41, 5.74) is 1.73. The monoisotopic (exact) mass is 280 g/mol. The molecule has 20 heavy (non-hydrogen) atoms. The molecule has 0 saturated carbocycles. The van der Waals surface area contributed by atoms with Crippen molar-refractivity contribution in [2.75, 3.05) is 39.9 Å². The smallest absolute Gasteiger partial charge is 0.126 e. The Morgan fingerprint density at radius 1 is 1.35 bits per heavy atom. The number of benzene rings is 1. The number of hydrogen-bond donors (Lipinski definition) is 1. The van der Waals surface area contributed by atoms with Crippen LogP contribution in [0.3, 0.4) is 0 Å².